The summed E-state index contributed by atoms with van der Waals surface area (Å²) < 4.78 is 7.63. The fourth-order valence-electron chi connectivity index (χ4n) is 3.40. The van der Waals surface area contributed by atoms with Crippen LogP contribution < -0.4 is 4.74 Å². The van der Waals surface area contributed by atoms with E-state index in [9.17, 15) is 4.79 Å². The molecule has 6 heteroatoms. The molecule has 0 atom stereocenters. The highest BCUT2D eigenvalue weighted by Crippen LogP contribution is 2.35. The normalized spacial score (nSPS) is 11.2. The Bertz CT molecular complexity index is 1200. The number of ketones is 1. The molecule has 0 amide bonds. The number of Topliss-reactive ketones (excluding diaryl/α,β-unsaturated/α-hetero) is 1. The van der Waals surface area contributed by atoms with Gasteiger partial charge < -0.3 is 4.74 Å². The summed E-state index contributed by atoms with van der Waals surface area (Å²) in [6, 6.07) is 13.6. The molecule has 0 spiro atoms. The first-order valence-electron chi connectivity index (χ1n) is 9.50. The van der Waals surface area contributed by atoms with Crippen molar-refractivity contribution in [1.29, 1.82) is 0 Å². The van der Waals surface area contributed by atoms with Gasteiger partial charge in [-0.1, -0.05) is 30.3 Å². The maximum atomic E-state index is 12.3. The van der Waals surface area contributed by atoms with Crippen LogP contribution in [0.2, 0.25) is 0 Å². The molecule has 0 saturated carbocycles. The molecular weight excluding hydrogens is 364 g/mol. The zero-order valence-electron chi connectivity index (χ0n) is 16.9. The van der Waals surface area contributed by atoms with Gasteiger partial charge >= 0.3 is 0 Å². The van der Waals surface area contributed by atoms with E-state index < -0.39 is 0 Å². The van der Waals surface area contributed by atoms with Gasteiger partial charge in [0.25, 0.3) is 0 Å². The van der Waals surface area contributed by atoms with Crippen LogP contribution in [0.3, 0.4) is 0 Å². The van der Waals surface area contributed by atoms with Gasteiger partial charge in [-0.05, 0) is 26.8 Å². The molecule has 0 aliphatic heterocycles. The summed E-state index contributed by atoms with van der Waals surface area (Å²) in [6.07, 6.45) is 3.43. The summed E-state index contributed by atoms with van der Waals surface area (Å²) in [5.74, 6) is 0.478. The van der Waals surface area contributed by atoms with Gasteiger partial charge in [-0.2, -0.15) is 5.10 Å². The molecule has 2 aromatic heterocycles. The van der Waals surface area contributed by atoms with E-state index in [4.69, 9.17) is 4.74 Å². The Morgan fingerprint density at radius 2 is 1.83 bits per heavy atom. The topological polar surface area (TPSA) is 69.9 Å². The standard InChI is InChI=1S/C23H22N4O2/c1-14(2)29-21-11-20-18(10-17(21)15(3)28)23(25-13-24-20)19-12-27(4)26-22(19)16-8-6-5-7-9-16/h5-14H,1-4H3. The lowest BCUT2D eigenvalue weighted by Gasteiger charge is -2.15. The Hall–Kier alpha value is -3.54. The zero-order chi connectivity index (χ0) is 20.5. The third-order valence-corrected chi connectivity index (χ3v) is 4.61. The van der Waals surface area contributed by atoms with Crippen molar-refractivity contribution in [3.05, 3.63) is 60.6 Å². The average Bonchev–Trinajstić information content (AvgIpc) is 3.08. The van der Waals surface area contributed by atoms with Gasteiger partial charge in [0.2, 0.25) is 0 Å². The lowest BCUT2D eigenvalue weighted by Crippen LogP contribution is -2.09. The van der Waals surface area contributed by atoms with Crippen LogP contribution in [0.15, 0.2) is 55.0 Å². The number of hydrogen-bond donors (Lipinski definition) is 0. The van der Waals surface area contributed by atoms with Gasteiger partial charge in [0.1, 0.15) is 17.8 Å². The van der Waals surface area contributed by atoms with Crippen molar-refractivity contribution in [2.45, 2.75) is 26.9 Å². The largest absolute Gasteiger partial charge is 0.490 e. The average molecular weight is 386 g/mol. The van der Waals surface area contributed by atoms with E-state index in [1.807, 2.05) is 69.6 Å². The fraction of sp³-hybridized carbons (Fsp3) is 0.217. The summed E-state index contributed by atoms with van der Waals surface area (Å²) >= 11 is 0. The number of hydrogen-bond acceptors (Lipinski definition) is 5. The number of nitrogens with zero attached hydrogens (tertiary/aromatic N) is 4. The number of benzene rings is 2. The predicted molar refractivity (Wildman–Crippen MR) is 113 cm³/mol. The number of aryl methyl sites for hydroxylation is 1. The van der Waals surface area contributed by atoms with E-state index >= 15 is 0 Å². The van der Waals surface area contributed by atoms with Gasteiger partial charge in [0, 0.05) is 35.8 Å². The van der Waals surface area contributed by atoms with Gasteiger partial charge in [-0.15, -0.1) is 0 Å². The number of carbonyl (C=O) groups excluding carboxylic acids is 1. The Labute approximate surface area is 169 Å². The first kappa shape index (κ1) is 18.8. The van der Waals surface area contributed by atoms with E-state index in [-0.39, 0.29) is 11.9 Å². The second-order valence-electron chi connectivity index (χ2n) is 7.24. The van der Waals surface area contributed by atoms with Gasteiger partial charge in [-0.25, -0.2) is 9.97 Å². The highest BCUT2D eigenvalue weighted by Gasteiger charge is 2.19. The smallest absolute Gasteiger partial charge is 0.163 e. The van der Waals surface area contributed by atoms with Crippen molar-refractivity contribution in [1.82, 2.24) is 19.7 Å². The lowest BCUT2D eigenvalue weighted by molar-refractivity contribution is 0.101. The molecule has 4 rings (SSSR count). The quantitative estimate of drug-likeness (QED) is 0.466. The summed E-state index contributed by atoms with van der Waals surface area (Å²) in [5.41, 5.74) is 4.70. The Balaban J connectivity index is 1.97. The molecule has 146 valence electrons. The van der Waals surface area contributed by atoms with Crippen molar-refractivity contribution in [2.75, 3.05) is 0 Å². The monoisotopic (exact) mass is 386 g/mol. The third-order valence-electron chi connectivity index (χ3n) is 4.61. The first-order chi connectivity index (χ1) is 13.9. The SMILES string of the molecule is CC(=O)c1cc2c(-c3cn(C)nc3-c3ccccc3)ncnc2cc1OC(C)C. The molecule has 2 heterocycles. The van der Waals surface area contributed by atoms with Crippen molar-refractivity contribution in [2.24, 2.45) is 7.05 Å². The maximum absolute atomic E-state index is 12.3. The minimum Gasteiger partial charge on any atom is -0.490 e. The molecule has 0 aliphatic rings. The molecule has 6 nitrogen and oxygen atoms in total. The van der Waals surface area contributed by atoms with E-state index in [1.54, 1.807) is 4.68 Å². The van der Waals surface area contributed by atoms with Crippen LogP contribution >= 0.6 is 0 Å². The Morgan fingerprint density at radius 3 is 2.52 bits per heavy atom. The zero-order valence-corrected chi connectivity index (χ0v) is 16.9. The van der Waals surface area contributed by atoms with Crippen molar-refractivity contribution >= 4 is 16.7 Å². The number of carbonyl (C=O) groups is 1. The van der Waals surface area contributed by atoms with Gasteiger partial charge in [-0.3, -0.25) is 9.48 Å². The van der Waals surface area contributed by atoms with Crippen LogP contribution in [0.4, 0.5) is 0 Å². The highest BCUT2D eigenvalue weighted by molar-refractivity contribution is 6.04. The van der Waals surface area contributed by atoms with Crippen LogP contribution in [-0.2, 0) is 7.05 Å². The molecule has 0 bridgehead atoms. The van der Waals surface area contributed by atoms with E-state index in [2.05, 4.69) is 15.1 Å². The summed E-state index contributed by atoms with van der Waals surface area (Å²) in [6.45, 7) is 5.40. The molecule has 0 N–H and O–H groups in total. The number of ether oxygens (including phenoxy) is 1. The second-order valence-corrected chi connectivity index (χ2v) is 7.24. The van der Waals surface area contributed by atoms with Gasteiger partial charge in [0.15, 0.2) is 5.78 Å². The van der Waals surface area contributed by atoms with E-state index in [0.717, 1.165) is 33.4 Å². The van der Waals surface area contributed by atoms with Crippen LogP contribution in [0, 0.1) is 0 Å². The van der Waals surface area contributed by atoms with Crippen molar-refractivity contribution < 1.29 is 9.53 Å². The molecule has 4 aromatic rings. The predicted octanol–water partition coefficient (Wildman–Crippen LogP) is 4.69. The lowest BCUT2D eigenvalue weighted by atomic mass is 10.00. The molecule has 29 heavy (non-hydrogen) atoms. The van der Waals surface area contributed by atoms with Gasteiger partial charge in [0.05, 0.1) is 22.9 Å². The van der Waals surface area contributed by atoms with Crippen molar-refractivity contribution in [3.63, 3.8) is 0 Å². The minimum atomic E-state index is -0.0631. The highest BCUT2D eigenvalue weighted by atomic mass is 16.5. The Morgan fingerprint density at radius 1 is 1.07 bits per heavy atom. The molecule has 0 aliphatic carbocycles. The number of aromatic nitrogens is 4. The number of rotatable bonds is 5. The molecular formula is C23H22N4O2. The van der Waals surface area contributed by atoms with E-state index in [1.165, 1.54) is 13.3 Å². The minimum absolute atomic E-state index is 0.0464. The molecule has 0 unspecified atom stereocenters. The molecule has 0 saturated heterocycles. The molecule has 0 fully saturated rings. The van der Waals surface area contributed by atoms with Crippen molar-refractivity contribution in [3.8, 4) is 28.3 Å². The fourth-order valence-corrected chi connectivity index (χ4v) is 3.40. The van der Waals surface area contributed by atoms with Crippen LogP contribution in [-0.4, -0.2) is 31.6 Å². The number of fused-ring (bicyclic) bond motifs is 1. The summed E-state index contributed by atoms with van der Waals surface area (Å²) in [4.78, 5) is 21.3. The molecule has 0 radical (unpaired) electrons. The first-order valence-corrected chi connectivity index (χ1v) is 9.50. The Kier molecular flexibility index (Phi) is 4.84. The summed E-state index contributed by atoms with van der Waals surface area (Å²) in [5, 5.41) is 5.43. The third kappa shape index (κ3) is 3.61. The second kappa shape index (κ2) is 7.47. The maximum Gasteiger partial charge on any atom is 0.163 e. The molecule has 2 aromatic carbocycles. The van der Waals surface area contributed by atoms with E-state index in [0.29, 0.717) is 11.3 Å². The van der Waals surface area contributed by atoms with Crippen LogP contribution in [0.1, 0.15) is 31.1 Å². The summed E-state index contributed by atoms with van der Waals surface area (Å²) in [7, 11) is 1.88. The van der Waals surface area contributed by atoms with Crippen LogP contribution in [0.25, 0.3) is 33.4 Å². The van der Waals surface area contributed by atoms with Crippen LogP contribution in [0.5, 0.6) is 5.75 Å².